The van der Waals surface area contributed by atoms with E-state index in [-0.39, 0.29) is 21.5 Å². The molecular formula is C20H22Br2N2O6. The molecule has 0 unspecified atom stereocenters. The Hall–Kier alpha value is -1.94. The number of fused-ring (bicyclic) bond motifs is 1. The van der Waals surface area contributed by atoms with Crippen molar-refractivity contribution in [2.24, 2.45) is 11.8 Å². The van der Waals surface area contributed by atoms with E-state index in [0.717, 1.165) is 4.90 Å². The van der Waals surface area contributed by atoms with Crippen molar-refractivity contribution in [1.82, 2.24) is 4.90 Å². The molecule has 2 aliphatic rings. The van der Waals surface area contributed by atoms with Crippen LogP contribution in [0, 0.1) is 11.8 Å². The lowest BCUT2D eigenvalue weighted by molar-refractivity contribution is -0.154. The number of carbonyl (C=O) groups is 4. The number of alkyl halides is 2. The number of imide groups is 1. The van der Waals surface area contributed by atoms with Gasteiger partial charge in [0.05, 0.1) is 24.1 Å². The van der Waals surface area contributed by atoms with E-state index in [1.54, 1.807) is 24.3 Å². The maximum Gasteiger partial charge on any atom is 0.326 e. The Morgan fingerprint density at radius 2 is 1.70 bits per heavy atom. The van der Waals surface area contributed by atoms with Crippen LogP contribution in [0.5, 0.6) is 5.75 Å². The van der Waals surface area contributed by atoms with Crippen LogP contribution in [0.1, 0.15) is 19.8 Å². The number of ether oxygens (including phenoxy) is 2. The number of amides is 3. The molecule has 3 rings (SSSR count). The predicted octanol–water partition coefficient (Wildman–Crippen LogP) is 2.49. The first-order valence-corrected chi connectivity index (χ1v) is 11.5. The molecule has 30 heavy (non-hydrogen) atoms. The number of nitrogens with one attached hydrogen (secondary N) is 1. The molecule has 1 saturated carbocycles. The van der Waals surface area contributed by atoms with Crippen LogP contribution < -0.4 is 10.1 Å². The Bertz CT molecular complexity index is 820. The molecule has 0 radical (unpaired) electrons. The van der Waals surface area contributed by atoms with Crippen LogP contribution in [-0.2, 0) is 23.9 Å². The highest BCUT2D eigenvalue weighted by molar-refractivity contribution is 9.12. The Morgan fingerprint density at radius 3 is 2.30 bits per heavy atom. The second-order valence-electron chi connectivity index (χ2n) is 7.12. The van der Waals surface area contributed by atoms with Crippen molar-refractivity contribution in [1.29, 1.82) is 0 Å². The van der Waals surface area contributed by atoms with Crippen LogP contribution in [0.25, 0.3) is 0 Å². The smallest absolute Gasteiger partial charge is 0.326 e. The van der Waals surface area contributed by atoms with Crippen molar-refractivity contribution in [3.63, 3.8) is 0 Å². The fraction of sp³-hybridized carbons (Fsp3) is 0.500. The van der Waals surface area contributed by atoms with Crippen LogP contribution in [-0.4, -0.2) is 58.0 Å². The summed E-state index contributed by atoms with van der Waals surface area (Å²) in [5, 5.41) is 2.61. The molecule has 3 amide bonds. The second-order valence-corrected chi connectivity index (χ2v) is 9.47. The van der Waals surface area contributed by atoms with Crippen molar-refractivity contribution >= 4 is 61.2 Å². The molecular weight excluding hydrogens is 524 g/mol. The van der Waals surface area contributed by atoms with Crippen molar-refractivity contribution < 1.29 is 28.7 Å². The van der Waals surface area contributed by atoms with Crippen molar-refractivity contribution in [2.45, 2.75) is 29.4 Å². The van der Waals surface area contributed by atoms with Gasteiger partial charge in [0.25, 0.3) is 5.91 Å². The standard InChI is InChI=1S/C20H22Br2N2O6/c1-2-29-16-6-4-3-5-15(16)23-17(25)10-30-18(26)9-24-19(27)11-7-13(21)14(22)8-12(11)20(24)28/h3-6,11-14H,2,7-10H2,1H3,(H,23,25)/t11-,12-,13+,14+/m1/s1. The van der Waals surface area contributed by atoms with Crippen LogP contribution in [0.2, 0.25) is 0 Å². The zero-order valence-electron chi connectivity index (χ0n) is 16.3. The van der Waals surface area contributed by atoms with Crippen molar-refractivity contribution in [3.05, 3.63) is 24.3 Å². The molecule has 0 bridgehead atoms. The first-order valence-electron chi connectivity index (χ1n) is 9.62. The zero-order chi connectivity index (χ0) is 21.8. The SMILES string of the molecule is CCOc1ccccc1NC(=O)COC(=O)CN1C(=O)[C@@H]2C[C@H](Br)[C@@H](Br)C[C@H]2C1=O. The normalized spacial score (nSPS) is 25.6. The Labute approximate surface area is 190 Å². The third-order valence-electron chi connectivity index (χ3n) is 5.12. The summed E-state index contributed by atoms with van der Waals surface area (Å²) in [4.78, 5) is 50.6. The number of carbonyl (C=O) groups excluding carboxylic acids is 4. The fourth-order valence-electron chi connectivity index (χ4n) is 3.68. The summed E-state index contributed by atoms with van der Waals surface area (Å²) in [6.45, 7) is 1.24. The zero-order valence-corrected chi connectivity index (χ0v) is 19.5. The predicted molar refractivity (Wildman–Crippen MR) is 116 cm³/mol. The lowest BCUT2D eigenvalue weighted by atomic mass is 9.81. The van der Waals surface area contributed by atoms with Gasteiger partial charge in [-0.05, 0) is 31.9 Å². The Morgan fingerprint density at radius 1 is 1.10 bits per heavy atom. The number of hydrogen-bond donors (Lipinski definition) is 1. The fourth-order valence-corrected chi connectivity index (χ4v) is 4.92. The highest BCUT2D eigenvalue weighted by Gasteiger charge is 2.52. The summed E-state index contributed by atoms with van der Waals surface area (Å²) in [5.74, 6) is -2.43. The van der Waals surface area contributed by atoms with Gasteiger partial charge in [-0.25, -0.2) is 0 Å². The van der Waals surface area contributed by atoms with E-state index in [1.165, 1.54) is 0 Å². The van der Waals surface area contributed by atoms with Crippen LogP contribution in [0.3, 0.4) is 0 Å². The molecule has 10 heteroatoms. The van der Waals surface area contributed by atoms with Gasteiger partial charge >= 0.3 is 5.97 Å². The average molecular weight is 546 g/mol. The lowest BCUT2D eigenvalue weighted by Gasteiger charge is -2.29. The van der Waals surface area contributed by atoms with Crippen molar-refractivity contribution in [3.8, 4) is 5.75 Å². The number of anilines is 1. The quantitative estimate of drug-likeness (QED) is 0.321. The number of nitrogens with zero attached hydrogens (tertiary/aromatic N) is 1. The molecule has 0 spiro atoms. The average Bonchev–Trinajstić information content (AvgIpc) is 2.93. The van der Waals surface area contributed by atoms with Gasteiger partial charge in [0.2, 0.25) is 11.8 Å². The van der Waals surface area contributed by atoms with Gasteiger partial charge < -0.3 is 14.8 Å². The van der Waals surface area contributed by atoms with Crippen molar-refractivity contribution in [2.75, 3.05) is 25.1 Å². The van der Waals surface area contributed by atoms with Gasteiger partial charge in [-0.3, -0.25) is 24.1 Å². The minimum atomic E-state index is -0.811. The van der Waals surface area contributed by atoms with E-state index in [1.807, 2.05) is 6.92 Å². The number of likely N-dealkylation sites (tertiary alicyclic amines) is 1. The Kier molecular flexibility index (Phi) is 7.51. The van der Waals surface area contributed by atoms with Gasteiger partial charge in [0.1, 0.15) is 12.3 Å². The van der Waals surface area contributed by atoms with E-state index >= 15 is 0 Å². The summed E-state index contributed by atoms with van der Waals surface area (Å²) in [5.41, 5.74) is 0.461. The summed E-state index contributed by atoms with van der Waals surface area (Å²) >= 11 is 7.03. The topological polar surface area (TPSA) is 102 Å². The summed E-state index contributed by atoms with van der Waals surface area (Å²) in [6.07, 6.45) is 1.05. The molecule has 1 aliphatic heterocycles. The number of hydrogen-bond acceptors (Lipinski definition) is 6. The molecule has 162 valence electrons. The molecule has 1 aromatic rings. The van der Waals surface area contributed by atoms with E-state index < -0.39 is 36.9 Å². The lowest BCUT2D eigenvalue weighted by Crippen LogP contribution is -2.37. The molecule has 4 atom stereocenters. The number of benzene rings is 1. The molecule has 0 aromatic heterocycles. The van der Waals surface area contributed by atoms with Gasteiger partial charge in [0.15, 0.2) is 6.61 Å². The molecule has 1 saturated heterocycles. The monoisotopic (exact) mass is 544 g/mol. The van der Waals surface area contributed by atoms with Crippen LogP contribution in [0.15, 0.2) is 24.3 Å². The Balaban J connectivity index is 1.52. The second kappa shape index (κ2) is 9.91. The largest absolute Gasteiger partial charge is 0.492 e. The minimum Gasteiger partial charge on any atom is -0.492 e. The number of para-hydroxylation sites is 2. The minimum absolute atomic E-state index is 0.0886. The van der Waals surface area contributed by atoms with E-state index in [2.05, 4.69) is 37.2 Å². The number of halogens is 2. The van der Waals surface area contributed by atoms with Crippen LogP contribution >= 0.6 is 31.9 Å². The van der Waals surface area contributed by atoms with Gasteiger partial charge in [0, 0.05) is 9.65 Å². The van der Waals surface area contributed by atoms with E-state index in [0.29, 0.717) is 30.9 Å². The van der Waals surface area contributed by atoms with Gasteiger partial charge in [-0.2, -0.15) is 0 Å². The molecule has 2 fully saturated rings. The first kappa shape index (κ1) is 22.7. The first-order chi connectivity index (χ1) is 14.3. The van der Waals surface area contributed by atoms with Gasteiger partial charge in [-0.1, -0.05) is 44.0 Å². The molecule has 1 heterocycles. The maximum atomic E-state index is 12.6. The van der Waals surface area contributed by atoms with Gasteiger partial charge in [-0.15, -0.1) is 0 Å². The van der Waals surface area contributed by atoms with E-state index in [4.69, 9.17) is 9.47 Å². The molecule has 1 N–H and O–H groups in total. The summed E-state index contributed by atoms with van der Waals surface area (Å²) in [7, 11) is 0. The third-order valence-corrected chi connectivity index (χ3v) is 7.85. The number of rotatable bonds is 7. The molecule has 1 aromatic carbocycles. The summed E-state index contributed by atoms with van der Waals surface area (Å²) in [6, 6.07) is 6.90. The maximum absolute atomic E-state index is 12.6. The molecule has 8 nitrogen and oxygen atoms in total. The summed E-state index contributed by atoms with van der Waals surface area (Å²) < 4.78 is 10.4. The highest BCUT2D eigenvalue weighted by Crippen LogP contribution is 2.43. The third kappa shape index (κ3) is 5.03. The highest BCUT2D eigenvalue weighted by atomic mass is 79.9. The number of esters is 1. The van der Waals surface area contributed by atoms with Crippen LogP contribution in [0.4, 0.5) is 5.69 Å². The molecule has 1 aliphatic carbocycles. The van der Waals surface area contributed by atoms with E-state index in [9.17, 15) is 19.2 Å².